The number of aldehydes is 2. The van der Waals surface area contributed by atoms with Gasteiger partial charge in [-0.25, -0.2) is 14.2 Å². The summed E-state index contributed by atoms with van der Waals surface area (Å²) in [6, 6.07) is 1.62. The molecule has 0 radical (unpaired) electrons. The van der Waals surface area contributed by atoms with Crippen molar-refractivity contribution < 1.29 is 53.2 Å². The maximum absolute atomic E-state index is 15.4. The van der Waals surface area contributed by atoms with E-state index in [1.807, 2.05) is 0 Å². The molecule has 0 bridgehead atoms. The van der Waals surface area contributed by atoms with Crippen molar-refractivity contribution in [1.29, 1.82) is 0 Å². The number of aliphatic hydroxyl groups excluding tert-OH is 1. The number of nitrogens with zero attached hydrogens (tertiary/aromatic N) is 2. The second-order valence-corrected chi connectivity index (χ2v) is 17.6. The molecule has 1 aromatic carbocycles. The summed E-state index contributed by atoms with van der Waals surface area (Å²) in [4.78, 5) is 82.2. The highest BCUT2D eigenvalue weighted by molar-refractivity contribution is 5.93. The average Bonchev–Trinajstić information content (AvgIpc) is 3.67. The highest BCUT2D eigenvalue weighted by Crippen LogP contribution is 2.45. The van der Waals surface area contributed by atoms with Gasteiger partial charge in [-0.15, -0.1) is 0 Å². The molecule has 3 unspecified atom stereocenters. The van der Waals surface area contributed by atoms with E-state index >= 15 is 4.39 Å². The van der Waals surface area contributed by atoms with Crippen LogP contribution in [0.1, 0.15) is 130 Å². The van der Waals surface area contributed by atoms with Gasteiger partial charge in [-0.2, -0.15) is 0 Å². The standard InChI is InChI=1S/C48H63FN6O11/c1-4-47(63,27-57)35-22-39-43-33(24-55(39)44(60)34(35)26-65-3)42-37(16-15-32-29(2)36(49)23-38(53-43)41(32)42)54-46(62)66-31-13-7-9-18-48(64,19-17-31)45(61)51-21-11-8-12-30(25-56)52-40(59)14-6-5-10-20-50-28-58/h7,13,22-23,25,27,30-31,37,50,58,63-64H,4-6,8-12,14-21,24,26,28H2,1-3H3,(H,51,61)(H,52,59)(H,54,62)/b13-7+/t30?,31?,37?,47-,48+/m1/s1. The van der Waals surface area contributed by atoms with E-state index in [2.05, 4.69) is 21.3 Å². The van der Waals surface area contributed by atoms with E-state index in [1.165, 1.54) is 17.7 Å². The Balaban J connectivity index is 1.09. The minimum atomic E-state index is -1.97. The molecule has 3 amide bonds. The predicted molar refractivity (Wildman–Crippen MR) is 242 cm³/mol. The van der Waals surface area contributed by atoms with Gasteiger partial charge in [0.05, 0.1) is 48.9 Å². The first kappa shape index (κ1) is 50.0. The van der Waals surface area contributed by atoms with Crippen molar-refractivity contribution in [2.24, 2.45) is 0 Å². The quantitative estimate of drug-likeness (QED) is 0.0257. The lowest BCUT2D eigenvalue weighted by Gasteiger charge is -2.31. The Hall–Kier alpha value is -5.40. The van der Waals surface area contributed by atoms with Gasteiger partial charge >= 0.3 is 6.09 Å². The number of hydrogen-bond acceptors (Lipinski definition) is 13. The molecule has 2 aromatic heterocycles. The molecule has 17 nitrogen and oxygen atoms in total. The van der Waals surface area contributed by atoms with Gasteiger partial charge in [-0.1, -0.05) is 19.4 Å². The SMILES string of the molecule is CC[C@@](O)(C=O)c1cc2n(c(=O)c1COC)Cc1c-2nc2cc(F)c(C)c3c2c1C(NC(=O)OC1/C=C/CC[C@@](O)(C(=O)NCCCCC(C=O)NC(=O)CCCCCNCO)CC1)CC3. The number of alkyl carbamates (subject to hydrolysis) is 1. The maximum atomic E-state index is 15.4. The number of allylic oxidation sites excluding steroid dienone is 1. The maximum Gasteiger partial charge on any atom is 0.408 e. The number of methoxy groups -OCH3 is 1. The van der Waals surface area contributed by atoms with E-state index in [0.29, 0.717) is 109 Å². The number of benzene rings is 1. The Morgan fingerprint density at radius 1 is 1.09 bits per heavy atom. The normalized spacial score (nSPS) is 20.5. The molecule has 2 aliphatic carbocycles. The second kappa shape index (κ2) is 22.4. The van der Waals surface area contributed by atoms with Crippen molar-refractivity contribution in [2.75, 3.05) is 26.9 Å². The van der Waals surface area contributed by atoms with Crippen molar-refractivity contribution in [1.82, 2.24) is 30.8 Å². The second-order valence-electron chi connectivity index (χ2n) is 17.6. The number of ether oxygens (including phenoxy) is 2. The number of halogens is 1. The smallest absolute Gasteiger partial charge is 0.408 e. The molecule has 3 aromatic rings. The number of nitrogens with one attached hydrogen (secondary N) is 4. The Bertz CT molecular complexity index is 2390. The largest absolute Gasteiger partial charge is 0.442 e. The van der Waals surface area contributed by atoms with Gasteiger partial charge in [-0.3, -0.25) is 24.5 Å². The number of aliphatic hydroxyl groups is 3. The van der Waals surface area contributed by atoms with Gasteiger partial charge < -0.3 is 50.1 Å². The highest BCUT2D eigenvalue weighted by Gasteiger charge is 2.39. The zero-order valence-corrected chi connectivity index (χ0v) is 38.0. The van der Waals surface area contributed by atoms with Gasteiger partial charge in [0.15, 0.2) is 6.29 Å². The van der Waals surface area contributed by atoms with Gasteiger partial charge in [0.1, 0.15) is 29.4 Å². The number of hydrogen-bond donors (Lipinski definition) is 7. The van der Waals surface area contributed by atoms with Crippen LogP contribution in [0.2, 0.25) is 0 Å². The Morgan fingerprint density at radius 2 is 1.88 bits per heavy atom. The van der Waals surface area contributed by atoms with Crippen molar-refractivity contribution >= 4 is 41.4 Å². The number of rotatable bonds is 22. The van der Waals surface area contributed by atoms with Crippen molar-refractivity contribution in [3.63, 3.8) is 0 Å². The van der Waals surface area contributed by atoms with E-state index in [1.54, 1.807) is 32.1 Å². The van der Waals surface area contributed by atoms with Crippen LogP contribution in [0, 0.1) is 12.7 Å². The third-order valence-corrected chi connectivity index (χ3v) is 13.2. The van der Waals surface area contributed by atoms with Crippen molar-refractivity contribution in [3.8, 4) is 11.4 Å². The van der Waals surface area contributed by atoms with E-state index in [9.17, 15) is 39.0 Å². The van der Waals surface area contributed by atoms with Crippen LogP contribution < -0.4 is 26.8 Å². The Kier molecular flexibility index (Phi) is 17.0. The van der Waals surface area contributed by atoms with E-state index in [-0.39, 0.29) is 69.1 Å². The number of unbranched alkanes of at least 4 members (excludes halogenated alkanes) is 3. The molecule has 3 aliphatic rings. The topological polar surface area (TPSA) is 248 Å². The van der Waals surface area contributed by atoms with E-state index < -0.39 is 52.8 Å². The zero-order valence-electron chi connectivity index (χ0n) is 38.0. The minimum absolute atomic E-state index is 0.00682. The van der Waals surface area contributed by atoms with Crippen LogP contribution in [-0.2, 0) is 53.8 Å². The average molecular weight is 919 g/mol. The molecule has 18 heteroatoms. The third-order valence-electron chi connectivity index (χ3n) is 13.2. The first-order valence-electron chi connectivity index (χ1n) is 23.0. The van der Waals surface area contributed by atoms with Crippen LogP contribution in [-0.4, -0.2) is 100 Å². The van der Waals surface area contributed by atoms with Gasteiger partial charge in [-0.05, 0) is 119 Å². The fourth-order valence-electron chi connectivity index (χ4n) is 9.41. The van der Waals surface area contributed by atoms with Crippen LogP contribution in [0.25, 0.3) is 22.3 Å². The fourth-order valence-corrected chi connectivity index (χ4v) is 9.41. The van der Waals surface area contributed by atoms with E-state index in [0.717, 1.165) is 18.4 Å². The molecule has 0 fully saturated rings. The summed E-state index contributed by atoms with van der Waals surface area (Å²) in [5, 5.41) is 43.6. The number of pyridine rings is 2. The molecule has 0 spiro atoms. The summed E-state index contributed by atoms with van der Waals surface area (Å²) in [6.45, 7) is 4.04. The predicted octanol–water partition coefficient (Wildman–Crippen LogP) is 3.83. The van der Waals surface area contributed by atoms with Crippen LogP contribution in [0.3, 0.4) is 0 Å². The number of carbonyl (C=O) groups is 5. The lowest BCUT2D eigenvalue weighted by Crippen LogP contribution is -2.48. The molecule has 0 saturated carbocycles. The Morgan fingerprint density at radius 3 is 2.61 bits per heavy atom. The summed E-state index contributed by atoms with van der Waals surface area (Å²) in [5.41, 5.74) is -0.438. The van der Waals surface area contributed by atoms with Gasteiger partial charge in [0.25, 0.3) is 11.5 Å². The first-order chi connectivity index (χ1) is 31.7. The first-order valence-corrected chi connectivity index (χ1v) is 23.0. The lowest BCUT2D eigenvalue weighted by molar-refractivity contribution is -0.141. The molecule has 3 heterocycles. The number of carbonyl (C=O) groups excluding carboxylic acids is 5. The number of aryl methyl sites for hydroxylation is 1. The summed E-state index contributed by atoms with van der Waals surface area (Å²) >= 11 is 0. The molecular formula is C48H63FN6O11. The molecule has 358 valence electrons. The summed E-state index contributed by atoms with van der Waals surface area (Å²) in [5.74, 6) is -1.20. The van der Waals surface area contributed by atoms with E-state index in [4.69, 9.17) is 19.6 Å². The molecular weight excluding hydrogens is 856 g/mol. The van der Waals surface area contributed by atoms with Crippen LogP contribution >= 0.6 is 0 Å². The molecule has 5 atom stereocenters. The molecule has 1 aliphatic heterocycles. The van der Waals surface area contributed by atoms with Gasteiger partial charge in [0, 0.05) is 48.2 Å². The number of fused-ring (bicyclic) bond motifs is 4. The zero-order chi connectivity index (χ0) is 47.6. The molecule has 6 rings (SSSR count). The summed E-state index contributed by atoms with van der Waals surface area (Å²) in [7, 11) is 1.41. The fraction of sp³-hybridized carbons (Fsp3) is 0.562. The Labute approximate surface area is 382 Å². The molecule has 0 saturated heterocycles. The molecule has 66 heavy (non-hydrogen) atoms. The third kappa shape index (κ3) is 11.1. The molecule has 7 N–H and O–H groups in total. The minimum Gasteiger partial charge on any atom is -0.442 e. The van der Waals surface area contributed by atoms with Crippen LogP contribution in [0.4, 0.5) is 9.18 Å². The van der Waals surface area contributed by atoms with Crippen molar-refractivity contribution in [3.05, 3.63) is 73.8 Å². The van der Waals surface area contributed by atoms with Crippen molar-refractivity contribution in [2.45, 2.75) is 146 Å². The number of aromatic nitrogens is 2. The van der Waals surface area contributed by atoms with Gasteiger partial charge in [0.2, 0.25) is 5.91 Å². The number of amides is 3. The highest BCUT2D eigenvalue weighted by atomic mass is 19.1. The van der Waals surface area contributed by atoms with Crippen LogP contribution in [0.5, 0.6) is 0 Å². The summed E-state index contributed by atoms with van der Waals surface area (Å²) < 4.78 is 28.2. The van der Waals surface area contributed by atoms with Crippen LogP contribution in [0.15, 0.2) is 29.1 Å². The summed E-state index contributed by atoms with van der Waals surface area (Å²) in [6.07, 6.45) is 8.58. The lowest BCUT2D eigenvalue weighted by atomic mass is 9.81. The monoisotopic (exact) mass is 918 g/mol.